The van der Waals surface area contributed by atoms with E-state index in [0.29, 0.717) is 21.5 Å². The zero-order valence-corrected chi connectivity index (χ0v) is 17.9. The quantitative estimate of drug-likeness (QED) is 0.212. The van der Waals surface area contributed by atoms with E-state index < -0.39 is 23.9 Å². The molecule has 34 heavy (non-hydrogen) atoms. The summed E-state index contributed by atoms with van der Waals surface area (Å²) in [5.41, 5.74) is 0. The third-order valence-corrected chi connectivity index (χ3v) is 4.43. The molecule has 3 aromatic carbocycles. The Morgan fingerprint density at radius 1 is 0.441 bits per heavy atom. The lowest BCUT2D eigenvalue weighted by Crippen LogP contribution is -2.09. The number of ether oxygens (including phenoxy) is 4. The van der Waals surface area contributed by atoms with E-state index in [9.17, 15) is 19.2 Å². The van der Waals surface area contributed by atoms with Crippen LogP contribution in [0.5, 0.6) is 23.0 Å². The third-order valence-electron chi connectivity index (χ3n) is 4.43. The maximum absolute atomic E-state index is 11.8. The zero-order chi connectivity index (χ0) is 24.8. The fraction of sp³-hybridized carbons (Fsp3) is 0. The van der Waals surface area contributed by atoms with Gasteiger partial charge < -0.3 is 18.9 Å². The van der Waals surface area contributed by atoms with E-state index in [0.717, 1.165) is 24.3 Å². The molecule has 170 valence electrons. The van der Waals surface area contributed by atoms with Crippen LogP contribution in [-0.2, 0) is 19.2 Å². The van der Waals surface area contributed by atoms with Gasteiger partial charge in [0.05, 0.1) is 0 Å². The summed E-state index contributed by atoms with van der Waals surface area (Å²) >= 11 is 0. The third kappa shape index (κ3) is 5.25. The van der Waals surface area contributed by atoms with E-state index in [1.54, 1.807) is 12.1 Å². The fourth-order valence-corrected chi connectivity index (χ4v) is 2.94. The molecule has 0 radical (unpaired) electrons. The Labute approximate surface area is 194 Å². The van der Waals surface area contributed by atoms with Gasteiger partial charge in [-0.05, 0) is 57.9 Å². The van der Waals surface area contributed by atoms with E-state index in [1.807, 2.05) is 0 Å². The Bertz CT molecular complexity index is 1190. The number of hydrogen-bond acceptors (Lipinski definition) is 8. The van der Waals surface area contributed by atoms with Crippen LogP contribution < -0.4 is 18.9 Å². The van der Waals surface area contributed by atoms with Gasteiger partial charge in [-0.2, -0.15) is 0 Å². The molecule has 0 spiro atoms. The second-order valence-corrected chi connectivity index (χ2v) is 6.65. The van der Waals surface area contributed by atoms with E-state index in [1.165, 1.54) is 24.3 Å². The molecule has 0 aliphatic heterocycles. The Balaban J connectivity index is 2.22. The van der Waals surface area contributed by atoms with Crippen LogP contribution in [0.4, 0.5) is 0 Å². The number of carbonyl (C=O) groups is 4. The van der Waals surface area contributed by atoms with Crippen molar-refractivity contribution in [1.29, 1.82) is 0 Å². The van der Waals surface area contributed by atoms with Crippen molar-refractivity contribution in [2.75, 3.05) is 0 Å². The minimum atomic E-state index is -0.747. The number of esters is 4. The molecule has 8 nitrogen and oxygen atoms in total. The summed E-state index contributed by atoms with van der Waals surface area (Å²) in [5.74, 6) is -3.04. The summed E-state index contributed by atoms with van der Waals surface area (Å²) in [6.45, 7) is 13.4. The number of rotatable bonds is 8. The predicted octanol–water partition coefficient (Wildman–Crippen LogP) is 4.36. The summed E-state index contributed by atoms with van der Waals surface area (Å²) in [7, 11) is 0. The average Bonchev–Trinajstić information content (AvgIpc) is 2.83. The van der Waals surface area contributed by atoms with Gasteiger partial charge in [-0.25, -0.2) is 19.2 Å². The lowest BCUT2D eigenvalue weighted by molar-refractivity contribution is -0.131. The molecule has 0 unspecified atom stereocenters. The molecule has 0 fully saturated rings. The molecule has 0 N–H and O–H groups in total. The van der Waals surface area contributed by atoms with Crippen molar-refractivity contribution in [2.45, 2.75) is 0 Å². The van der Waals surface area contributed by atoms with Crippen molar-refractivity contribution < 1.29 is 38.1 Å². The molecule has 8 heteroatoms. The highest BCUT2D eigenvalue weighted by Crippen LogP contribution is 2.38. The molecule has 3 rings (SSSR count). The van der Waals surface area contributed by atoms with E-state index >= 15 is 0 Å². The van der Waals surface area contributed by atoms with Gasteiger partial charge in [0, 0.05) is 24.3 Å². The van der Waals surface area contributed by atoms with E-state index in [4.69, 9.17) is 18.9 Å². The van der Waals surface area contributed by atoms with Crippen LogP contribution in [0.1, 0.15) is 0 Å². The highest BCUT2D eigenvalue weighted by molar-refractivity contribution is 6.02. The predicted molar refractivity (Wildman–Crippen MR) is 125 cm³/mol. The summed E-state index contributed by atoms with van der Waals surface area (Å²) in [5, 5.41) is 2.42. The molecular weight excluding hydrogens is 440 g/mol. The van der Waals surface area contributed by atoms with Gasteiger partial charge >= 0.3 is 23.9 Å². The van der Waals surface area contributed by atoms with E-state index in [-0.39, 0.29) is 23.0 Å². The Morgan fingerprint density at radius 2 is 0.647 bits per heavy atom. The van der Waals surface area contributed by atoms with Crippen LogP contribution in [-0.4, -0.2) is 23.9 Å². The van der Waals surface area contributed by atoms with Gasteiger partial charge in [0.15, 0.2) is 23.0 Å². The smallest absolute Gasteiger partial charge is 0.335 e. The maximum Gasteiger partial charge on any atom is 0.335 e. The normalized spacial score (nSPS) is 10.1. The van der Waals surface area contributed by atoms with Gasteiger partial charge in [-0.3, -0.25) is 0 Å². The monoisotopic (exact) mass is 458 g/mol. The first-order valence-corrected chi connectivity index (χ1v) is 9.70. The molecule has 0 aliphatic carbocycles. The van der Waals surface area contributed by atoms with Crippen molar-refractivity contribution in [2.24, 2.45) is 0 Å². The first kappa shape index (κ1) is 23.7. The summed E-state index contributed by atoms with van der Waals surface area (Å²) in [6, 6.07) is 9.45. The first-order chi connectivity index (χ1) is 16.3. The van der Waals surface area contributed by atoms with Crippen LogP contribution in [0.15, 0.2) is 87.0 Å². The number of hydrogen-bond donors (Lipinski definition) is 0. The van der Waals surface area contributed by atoms with Gasteiger partial charge in [0.2, 0.25) is 0 Å². The SMILES string of the molecule is C=CC(=O)Oc1cc2cc3cc(OC(=O)C=C)c(OC(=O)C=C)cc3cc2cc1OC(=O)C=C. The van der Waals surface area contributed by atoms with E-state index in [2.05, 4.69) is 26.3 Å². The van der Waals surface area contributed by atoms with Crippen molar-refractivity contribution in [3.05, 3.63) is 87.0 Å². The molecule has 0 atom stereocenters. The van der Waals surface area contributed by atoms with Crippen molar-refractivity contribution in [1.82, 2.24) is 0 Å². The standard InChI is InChI=1S/C26H18O8/c1-5-23(27)31-19-11-15-9-17-13-21(33-25(29)7-3)22(34-26(30)8-4)14-18(17)10-16(15)12-20(19)32-24(28)6-2/h5-14H,1-4H2. The molecule has 0 saturated carbocycles. The topological polar surface area (TPSA) is 105 Å². The molecule has 0 heterocycles. The summed E-state index contributed by atoms with van der Waals surface area (Å²) < 4.78 is 20.8. The van der Waals surface area contributed by atoms with Crippen molar-refractivity contribution in [3.8, 4) is 23.0 Å². The molecular formula is C26H18O8. The average molecular weight is 458 g/mol. The van der Waals surface area contributed by atoms with Crippen LogP contribution >= 0.6 is 0 Å². The highest BCUT2D eigenvalue weighted by atomic mass is 16.6. The van der Waals surface area contributed by atoms with Gasteiger partial charge in [-0.1, -0.05) is 26.3 Å². The minimum absolute atomic E-state index is 0.0122. The lowest BCUT2D eigenvalue weighted by Gasteiger charge is -2.13. The molecule has 0 aliphatic rings. The molecule has 3 aromatic rings. The zero-order valence-electron chi connectivity index (χ0n) is 17.9. The largest absolute Gasteiger partial charge is 0.419 e. The van der Waals surface area contributed by atoms with Crippen LogP contribution in [0, 0.1) is 0 Å². The van der Waals surface area contributed by atoms with Crippen LogP contribution in [0.3, 0.4) is 0 Å². The second kappa shape index (κ2) is 10.1. The molecule has 0 aromatic heterocycles. The minimum Gasteiger partial charge on any atom is -0.419 e. The number of carbonyl (C=O) groups excluding carboxylic acids is 4. The van der Waals surface area contributed by atoms with Crippen LogP contribution in [0.25, 0.3) is 21.5 Å². The van der Waals surface area contributed by atoms with Gasteiger partial charge in [-0.15, -0.1) is 0 Å². The highest BCUT2D eigenvalue weighted by Gasteiger charge is 2.17. The Hall–Kier alpha value is -4.98. The Morgan fingerprint density at radius 3 is 0.824 bits per heavy atom. The number of benzene rings is 3. The van der Waals surface area contributed by atoms with Crippen molar-refractivity contribution in [3.63, 3.8) is 0 Å². The molecule has 0 amide bonds. The second-order valence-electron chi connectivity index (χ2n) is 6.65. The summed E-state index contributed by atoms with van der Waals surface area (Å²) in [6.07, 6.45) is 3.87. The maximum atomic E-state index is 11.8. The van der Waals surface area contributed by atoms with Gasteiger partial charge in [0.1, 0.15) is 0 Å². The Kier molecular flexibility index (Phi) is 7.03. The molecule has 0 saturated heterocycles. The number of fused-ring (bicyclic) bond motifs is 2. The summed E-state index contributed by atoms with van der Waals surface area (Å²) in [4.78, 5) is 47.0. The first-order valence-electron chi connectivity index (χ1n) is 9.70. The van der Waals surface area contributed by atoms with Crippen molar-refractivity contribution >= 4 is 45.4 Å². The van der Waals surface area contributed by atoms with Gasteiger partial charge in [0.25, 0.3) is 0 Å². The lowest BCUT2D eigenvalue weighted by atomic mass is 10.0. The molecule has 0 bridgehead atoms. The van der Waals surface area contributed by atoms with Crippen LogP contribution in [0.2, 0.25) is 0 Å². The fourth-order valence-electron chi connectivity index (χ4n) is 2.94.